The van der Waals surface area contributed by atoms with Crippen LogP contribution in [0.15, 0.2) is 47.4 Å². The van der Waals surface area contributed by atoms with Crippen molar-refractivity contribution in [1.82, 2.24) is 9.62 Å². The number of nitrogens with one attached hydrogen (secondary N) is 2. The molecule has 0 heterocycles. The number of ether oxygens (including phenoxy) is 1. The third-order valence-corrected chi connectivity index (χ3v) is 6.46. The Morgan fingerprint density at radius 1 is 1.00 bits per heavy atom. The van der Waals surface area contributed by atoms with Gasteiger partial charge in [0.15, 0.2) is 6.61 Å². The molecule has 0 aliphatic heterocycles. The van der Waals surface area contributed by atoms with E-state index in [1.54, 1.807) is 12.1 Å². The van der Waals surface area contributed by atoms with Gasteiger partial charge in [0.05, 0.1) is 11.4 Å². The fourth-order valence-corrected chi connectivity index (χ4v) is 4.12. The van der Waals surface area contributed by atoms with E-state index >= 15 is 0 Å². The van der Waals surface area contributed by atoms with E-state index in [0.29, 0.717) is 5.69 Å². The highest BCUT2D eigenvalue weighted by Crippen LogP contribution is 2.19. The van der Waals surface area contributed by atoms with Crippen molar-refractivity contribution in [2.75, 3.05) is 25.5 Å². The number of carbonyl (C=O) groups is 3. The number of hydrogen-bond acceptors (Lipinski definition) is 6. The van der Waals surface area contributed by atoms with E-state index in [0.717, 1.165) is 21.6 Å². The standard InChI is InChI=1S/C23H29N3O6S/c1-15-9-11-19(12-10-15)33(30,31)25-18(4)23(29)32-14-21(28)26(5)13-20(27)24-22-16(2)7-6-8-17(22)3/h6-12,18,25H,13-14H2,1-5H3,(H,24,27)/t18-/m0/s1. The van der Waals surface area contributed by atoms with Gasteiger partial charge in [-0.3, -0.25) is 14.4 Å². The molecule has 0 bridgehead atoms. The van der Waals surface area contributed by atoms with Gasteiger partial charge in [-0.1, -0.05) is 35.9 Å². The van der Waals surface area contributed by atoms with Crippen LogP contribution in [0, 0.1) is 20.8 Å². The molecule has 1 atom stereocenters. The predicted octanol–water partition coefficient (Wildman–Crippen LogP) is 1.92. The average molecular weight is 476 g/mol. The number of esters is 1. The summed E-state index contributed by atoms with van der Waals surface area (Å²) in [7, 11) is -2.52. The summed E-state index contributed by atoms with van der Waals surface area (Å²) < 4.78 is 31.9. The van der Waals surface area contributed by atoms with Crippen LogP contribution in [0.3, 0.4) is 0 Å². The summed E-state index contributed by atoms with van der Waals surface area (Å²) in [5, 5.41) is 2.77. The van der Waals surface area contributed by atoms with E-state index in [9.17, 15) is 22.8 Å². The van der Waals surface area contributed by atoms with Crippen molar-refractivity contribution in [3.05, 3.63) is 59.2 Å². The summed E-state index contributed by atoms with van der Waals surface area (Å²) in [6.07, 6.45) is 0. The largest absolute Gasteiger partial charge is 0.454 e. The number of rotatable bonds is 9. The fraction of sp³-hybridized carbons (Fsp3) is 0.348. The van der Waals surface area contributed by atoms with Crippen LogP contribution in [0.5, 0.6) is 0 Å². The van der Waals surface area contributed by atoms with Crippen LogP contribution < -0.4 is 10.0 Å². The molecule has 0 unspecified atom stereocenters. The fourth-order valence-electron chi connectivity index (χ4n) is 2.93. The lowest BCUT2D eigenvalue weighted by molar-refractivity contribution is -0.152. The molecular formula is C23H29N3O6S. The zero-order chi connectivity index (χ0) is 24.8. The Bertz CT molecular complexity index is 1110. The van der Waals surface area contributed by atoms with Gasteiger partial charge >= 0.3 is 5.97 Å². The molecule has 0 aromatic heterocycles. The highest BCUT2D eigenvalue weighted by atomic mass is 32.2. The molecule has 2 N–H and O–H groups in total. The summed E-state index contributed by atoms with van der Waals surface area (Å²) in [6, 6.07) is 10.5. The maximum atomic E-state index is 12.4. The Morgan fingerprint density at radius 2 is 1.58 bits per heavy atom. The first kappa shape index (κ1) is 26.0. The van der Waals surface area contributed by atoms with Gasteiger partial charge in [0.1, 0.15) is 6.04 Å². The molecule has 2 amide bonds. The van der Waals surface area contributed by atoms with Crippen molar-refractivity contribution >= 4 is 33.5 Å². The number of hydrogen-bond donors (Lipinski definition) is 2. The van der Waals surface area contributed by atoms with Gasteiger partial charge in [-0.2, -0.15) is 4.72 Å². The summed E-state index contributed by atoms with van der Waals surface area (Å²) in [6.45, 7) is 6.02. The molecule has 0 radical (unpaired) electrons. The number of amides is 2. The molecule has 9 nitrogen and oxygen atoms in total. The van der Waals surface area contributed by atoms with E-state index in [-0.39, 0.29) is 11.4 Å². The van der Waals surface area contributed by atoms with Gasteiger partial charge in [-0.05, 0) is 51.0 Å². The van der Waals surface area contributed by atoms with Gasteiger partial charge in [0.2, 0.25) is 15.9 Å². The number of aryl methyl sites for hydroxylation is 3. The maximum absolute atomic E-state index is 12.4. The normalized spacial score (nSPS) is 12.0. The molecule has 178 valence electrons. The first-order valence-electron chi connectivity index (χ1n) is 10.3. The number of carbonyl (C=O) groups excluding carboxylic acids is 3. The zero-order valence-corrected chi connectivity index (χ0v) is 20.2. The number of sulfonamides is 1. The lowest BCUT2D eigenvalue weighted by Gasteiger charge is -2.19. The Labute approximate surface area is 194 Å². The summed E-state index contributed by atoms with van der Waals surface area (Å²) in [5.41, 5.74) is 3.37. The molecule has 33 heavy (non-hydrogen) atoms. The molecule has 0 aliphatic carbocycles. The van der Waals surface area contributed by atoms with Crippen LogP contribution in [0.2, 0.25) is 0 Å². The average Bonchev–Trinajstić information content (AvgIpc) is 2.74. The smallest absolute Gasteiger partial charge is 0.324 e. The molecular weight excluding hydrogens is 446 g/mol. The zero-order valence-electron chi connectivity index (χ0n) is 19.3. The van der Waals surface area contributed by atoms with E-state index in [2.05, 4.69) is 10.0 Å². The van der Waals surface area contributed by atoms with Crippen LogP contribution in [0.4, 0.5) is 5.69 Å². The second-order valence-electron chi connectivity index (χ2n) is 7.83. The summed E-state index contributed by atoms with van der Waals surface area (Å²) in [5.74, 6) is -1.91. The van der Waals surface area contributed by atoms with Crippen LogP contribution in [0.25, 0.3) is 0 Å². The molecule has 0 spiro atoms. The van der Waals surface area contributed by atoms with Crippen molar-refractivity contribution in [1.29, 1.82) is 0 Å². The molecule has 2 aromatic carbocycles. The number of anilines is 1. The third-order valence-electron chi connectivity index (χ3n) is 4.91. The number of para-hydroxylation sites is 1. The minimum atomic E-state index is -3.93. The first-order chi connectivity index (χ1) is 15.4. The van der Waals surface area contributed by atoms with Gasteiger partial charge in [0.25, 0.3) is 5.91 Å². The second-order valence-corrected chi connectivity index (χ2v) is 9.54. The Balaban J connectivity index is 1.85. The van der Waals surface area contributed by atoms with E-state index in [1.807, 2.05) is 39.0 Å². The van der Waals surface area contributed by atoms with Gasteiger partial charge in [0, 0.05) is 12.7 Å². The monoisotopic (exact) mass is 475 g/mol. The number of benzene rings is 2. The Kier molecular flexibility index (Phi) is 8.72. The molecule has 0 aliphatic rings. The van der Waals surface area contributed by atoms with Crippen molar-refractivity contribution in [3.63, 3.8) is 0 Å². The van der Waals surface area contributed by atoms with Gasteiger partial charge in [-0.15, -0.1) is 0 Å². The van der Waals surface area contributed by atoms with Gasteiger partial charge < -0.3 is 15.0 Å². The minimum Gasteiger partial charge on any atom is -0.454 e. The molecule has 2 aromatic rings. The molecule has 0 fully saturated rings. The van der Waals surface area contributed by atoms with E-state index in [4.69, 9.17) is 4.74 Å². The Morgan fingerprint density at radius 3 is 2.15 bits per heavy atom. The second kappa shape index (κ2) is 11.1. The highest BCUT2D eigenvalue weighted by Gasteiger charge is 2.24. The van der Waals surface area contributed by atoms with E-state index in [1.165, 1.54) is 26.1 Å². The van der Waals surface area contributed by atoms with Crippen LogP contribution in [-0.4, -0.2) is 57.3 Å². The van der Waals surface area contributed by atoms with Crippen molar-refractivity contribution in [2.45, 2.75) is 38.6 Å². The van der Waals surface area contributed by atoms with Crippen LogP contribution in [-0.2, 0) is 29.1 Å². The highest BCUT2D eigenvalue weighted by molar-refractivity contribution is 7.89. The number of likely N-dealkylation sites (N-methyl/N-ethyl adjacent to an activating group) is 1. The summed E-state index contributed by atoms with van der Waals surface area (Å²) >= 11 is 0. The quantitative estimate of drug-likeness (QED) is 0.535. The minimum absolute atomic E-state index is 0.0125. The molecule has 0 saturated carbocycles. The molecule has 2 rings (SSSR count). The predicted molar refractivity (Wildman–Crippen MR) is 124 cm³/mol. The lowest BCUT2D eigenvalue weighted by Crippen LogP contribution is -2.42. The number of nitrogens with zero attached hydrogens (tertiary/aromatic N) is 1. The van der Waals surface area contributed by atoms with Crippen molar-refractivity contribution in [2.24, 2.45) is 0 Å². The lowest BCUT2D eigenvalue weighted by atomic mass is 10.1. The SMILES string of the molecule is Cc1ccc(S(=O)(=O)N[C@@H](C)C(=O)OCC(=O)N(C)CC(=O)Nc2c(C)cccc2C)cc1. The topological polar surface area (TPSA) is 122 Å². The van der Waals surface area contributed by atoms with Crippen molar-refractivity contribution < 1.29 is 27.5 Å². The van der Waals surface area contributed by atoms with Gasteiger partial charge in [-0.25, -0.2) is 8.42 Å². The third kappa shape index (κ3) is 7.40. The maximum Gasteiger partial charge on any atom is 0.324 e. The molecule has 10 heteroatoms. The van der Waals surface area contributed by atoms with Crippen LogP contribution >= 0.6 is 0 Å². The molecule has 0 saturated heterocycles. The van der Waals surface area contributed by atoms with Crippen LogP contribution in [0.1, 0.15) is 23.6 Å². The van der Waals surface area contributed by atoms with Crippen molar-refractivity contribution in [3.8, 4) is 0 Å². The first-order valence-corrected chi connectivity index (χ1v) is 11.7. The van der Waals surface area contributed by atoms with E-state index < -0.39 is 40.5 Å². The Hall–Kier alpha value is -3.24. The summed E-state index contributed by atoms with van der Waals surface area (Å²) in [4.78, 5) is 37.9.